The molecule has 0 unspecified atom stereocenters. The van der Waals surface area contributed by atoms with Gasteiger partial charge in [0.25, 0.3) is 11.6 Å². The summed E-state index contributed by atoms with van der Waals surface area (Å²) in [5.41, 5.74) is 0.223. The van der Waals surface area contributed by atoms with Crippen LogP contribution in [0.25, 0.3) is 0 Å². The molecule has 3 aromatic rings. The van der Waals surface area contributed by atoms with Crippen molar-refractivity contribution >= 4 is 63.0 Å². The van der Waals surface area contributed by atoms with Gasteiger partial charge in [0, 0.05) is 39.8 Å². The van der Waals surface area contributed by atoms with E-state index in [0.717, 1.165) is 15.7 Å². The van der Waals surface area contributed by atoms with Crippen molar-refractivity contribution < 1.29 is 9.72 Å². The van der Waals surface area contributed by atoms with E-state index in [9.17, 15) is 14.9 Å². The van der Waals surface area contributed by atoms with E-state index in [2.05, 4.69) is 15.5 Å². The summed E-state index contributed by atoms with van der Waals surface area (Å²) >= 11 is 14.9. The van der Waals surface area contributed by atoms with Gasteiger partial charge in [0.1, 0.15) is 5.01 Å². The van der Waals surface area contributed by atoms with Crippen LogP contribution in [-0.2, 0) is 6.42 Å². The molecule has 0 fully saturated rings. The fourth-order valence-corrected chi connectivity index (χ4v) is 4.46. The van der Waals surface area contributed by atoms with Crippen molar-refractivity contribution in [3.05, 3.63) is 73.2 Å². The van der Waals surface area contributed by atoms with Gasteiger partial charge in [0.05, 0.1) is 9.95 Å². The minimum atomic E-state index is -0.521. The molecule has 1 amide bonds. The molecular formula is C17H12Cl2N4O3S2. The number of non-ortho nitro benzene ring substituents is 1. The number of anilines is 1. The summed E-state index contributed by atoms with van der Waals surface area (Å²) in [4.78, 5) is 23.2. The standard InChI is InChI=1S/C17H12Cl2N4O3S2/c18-11-3-6-13(19)14(9-11)27-8-7-15-21-22-17(28-15)20-16(24)10-1-4-12(5-2-10)23(25)26/h1-6,9H,7-8H2,(H,20,22,24). The summed E-state index contributed by atoms with van der Waals surface area (Å²) in [5.74, 6) is 0.322. The number of hydrogen-bond donors (Lipinski definition) is 1. The molecule has 0 saturated heterocycles. The molecule has 28 heavy (non-hydrogen) atoms. The Morgan fingerprint density at radius 2 is 1.93 bits per heavy atom. The SMILES string of the molecule is O=C(Nc1nnc(CCSc2cc(Cl)ccc2Cl)s1)c1ccc([N+](=O)[O-])cc1. The van der Waals surface area contributed by atoms with E-state index in [1.807, 2.05) is 6.07 Å². The third-order valence-electron chi connectivity index (χ3n) is 3.49. The predicted octanol–water partition coefficient (Wildman–Crippen LogP) is 5.34. The van der Waals surface area contributed by atoms with Gasteiger partial charge in [-0.3, -0.25) is 20.2 Å². The van der Waals surface area contributed by atoms with Crippen molar-refractivity contribution in [3.63, 3.8) is 0 Å². The molecule has 0 aliphatic carbocycles. The molecule has 144 valence electrons. The summed E-state index contributed by atoms with van der Waals surface area (Å²) in [5, 5.41) is 23.7. The maximum absolute atomic E-state index is 12.2. The maximum atomic E-state index is 12.2. The molecule has 0 aliphatic heterocycles. The van der Waals surface area contributed by atoms with Crippen molar-refractivity contribution in [3.8, 4) is 0 Å². The number of hydrogen-bond acceptors (Lipinski definition) is 7. The van der Waals surface area contributed by atoms with Crippen molar-refractivity contribution in [1.82, 2.24) is 10.2 Å². The number of rotatable bonds is 7. The molecule has 0 radical (unpaired) electrons. The number of thioether (sulfide) groups is 1. The van der Waals surface area contributed by atoms with E-state index in [4.69, 9.17) is 23.2 Å². The number of halogens is 2. The molecule has 0 aliphatic rings. The average Bonchev–Trinajstić information content (AvgIpc) is 3.11. The molecule has 0 bridgehead atoms. The van der Waals surface area contributed by atoms with Crippen molar-refractivity contribution in [2.24, 2.45) is 0 Å². The molecule has 11 heteroatoms. The Morgan fingerprint density at radius 1 is 1.18 bits per heavy atom. The number of nitrogens with one attached hydrogen (secondary N) is 1. The summed E-state index contributed by atoms with van der Waals surface area (Å²) in [6, 6.07) is 10.6. The summed E-state index contributed by atoms with van der Waals surface area (Å²) < 4.78 is 0. The zero-order chi connectivity index (χ0) is 20.1. The molecule has 0 atom stereocenters. The molecule has 3 rings (SSSR count). The van der Waals surface area contributed by atoms with Crippen LogP contribution in [0.3, 0.4) is 0 Å². The number of benzene rings is 2. The van der Waals surface area contributed by atoms with Gasteiger partial charge in [-0.25, -0.2) is 0 Å². The highest BCUT2D eigenvalue weighted by Gasteiger charge is 2.12. The Balaban J connectivity index is 1.54. The first-order valence-corrected chi connectivity index (χ1v) is 10.4. The number of aromatic nitrogens is 2. The van der Waals surface area contributed by atoms with E-state index in [1.165, 1.54) is 35.6 Å². The van der Waals surface area contributed by atoms with E-state index in [-0.39, 0.29) is 5.69 Å². The highest BCUT2D eigenvalue weighted by molar-refractivity contribution is 7.99. The number of aryl methyl sites for hydroxylation is 1. The Kier molecular flexibility index (Phi) is 6.84. The highest BCUT2D eigenvalue weighted by Crippen LogP contribution is 2.30. The Labute approximate surface area is 178 Å². The third kappa shape index (κ3) is 5.41. The van der Waals surface area contributed by atoms with Crippen LogP contribution in [0.15, 0.2) is 47.4 Å². The van der Waals surface area contributed by atoms with Gasteiger partial charge >= 0.3 is 0 Å². The Bertz CT molecular complexity index is 1010. The second-order valence-electron chi connectivity index (χ2n) is 5.43. The van der Waals surface area contributed by atoms with Crippen LogP contribution >= 0.6 is 46.3 Å². The lowest BCUT2D eigenvalue weighted by Crippen LogP contribution is -2.11. The molecule has 1 heterocycles. The van der Waals surface area contributed by atoms with E-state index >= 15 is 0 Å². The third-order valence-corrected chi connectivity index (χ3v) is 6.13. The smallest absolute Gasteiger partial charge is 0.269 e. The van der Waals surface area contributed by atoms with Crippen LogP contribution in [-0.4, -0.2) is 26.8 Å². The van der Waals surface area contributed by atoms with E-state index in [1.54, 1.807) is 23.9 Å². The topological polar surface area (TPSA) is 98.0 Å². The number of carbonyl (C=O) groups is 1. The van der Waals surface area contributed by atoms with Crippen molar-refractivity contribution in [2.45, 2.75) is 11.3 Å². The van der Waals surface area contributed by atoms with Gasteiger partial charge < -0.3 is 0 Å². The second kappa shape index (κ2) is 9.33. The monoisotopic (exact) mass is 454 g/mol. The van der Waals surface area contributed by atoms with Crippen LogP contribution in [0.1, 0.15) is 15.4 Å². The predicted molar refractivity (Wildman–Crippen MR) is 112 cm³/mol. The highest BCUT2D eigenvalue weighted by atomic mass is 35.5. The average molecular weight is 455 g/mol. The summed E-state index contributed by atoms with van der Waals surface area (Å²) in [6.07, 6.45) is 0.651. The van der Waals surface area contributed by atoms with Gasteiger partial charge in [-0.2, -0.15) is 0 Å². The molecule has 0 saturated carbocycles. The zero-order valence-electron chi connectivity index (χ0n) is 14.1. The van der Waals surface area contributed by atoms with Gasteiger partial charge in [-0.1, -0.05) is 34.5 Å². The van der Waals surface area contributed by atoms with Crippen molar-refractivity contribution in [1.29, 1.82) is 0 Å². The van der Waals surface area contributed by atoms with Crippen LogP contribution in [0.4, 0.5) is 10.8 Å². The van der Waals surface area contributed by atoms with Crippen LogP contribution in [0, 0.1) is 10.1 Å². The first-order valence-electron chi connectivity index (χ1n) is 7.88. The lowest BCUT2D eigenvalue weighted by Gasteiger charge is -2.03. The van der Waals surface area contributed by atoms with Gasteiger partial charge in [-0.05, 0) is 30.3 Å². The molecular weight excluding hydrogens is 443 g/mol. The molecule has 2 aromatic carbocycles. The number of nitrogens with zero attached hydrogens (tertiary/aromatic N) is 3. The number of nitro benzene ring substituents is 1. The fraction of sp³-hybridized carbons (Fsp3) is 0.118. The van der Waals surface area contributed by atoms with Crippen LogP contribution in [0.5, 0.6) is 0 Å². The second-order valence-corrected chi connectivity index (χ2v) is 8.47. The Morgan fingerprint density at radius 3 is 2.64 bits per heavy atom. The largest absolute Gasteiger partial charge is 0.296 e. The number of nitro groups is 1. The first-order chi connectivity index (χ1) is 13.4. The number of amides is 1. The number of carbonyl (C=O) groups excluding carboxylic acids is 1. The Hall–Kier alpha value is -2.20. The minimum absolute atomic E-state index is 0.0768. The quantitative estimate of drug-likeness (QED) is 0.293. The first kappa shape index (κ1) is 20.5. The minimum Gasteiger partial charge on any atom is -0.296 e. The lowest BCUT2D eigenvalue weighted by molar-refractivity contribution is -0.384. The summed E-state index contributed by atoms with van der Waals surface area (Å²) in [6.45, 7) is 0. The molecule has 1 aromatic heterocycles. The van der Waals surface area contributed by atoms with Gasteiger partial charge in [-0.15, -0.1) is 22.0 Å². The lowest BCUT2D eigenvalue weighted by atomic mass is 10.2. The maximum Gasteiger partial charge on any atom is 0.269 e. The van der Waals surface area contributed by atoms with E-state index < -0.39 is 10.8 Å². The fourth-order valence-electron chi connectivity index (χ4n) is 2.15. The van der Waals surface area contributed by atoms with E-state index in [0.29, 0.717) is 27.2 Å². The van der Waals surface area contributed by atoms with Gasteiger partial charge in [0.15, 0.2) is 0 Å². The molecule has 1 N–H and O–H groups in total. The summed E-state index contributed by atoms with van der Waals surface area (Å²) in [7, 11) is 0. The van der Waals surface area contributed by atoms with Gasteiger partial charge in [0.2, 0.25) is 5.13 Å². The van der Waals surface area contributed by atoms with Crippen molar-refractivity contribution in [2.75, 3.05) is 11.1 Å². The zero-order valence-corrected chi connectivity index (χ0v) is 17.2. The van der Waals surface area contributed by atoms with Crippen LogP contribution < -0.4 is 5.32 Å². The van der Waals surface area contributed by atoms with Crippen LogP contribution in [0.2, 0.25) is 10.0 Å². The normalized spacial score (nSPS) is 10.6. The molecule has 7 nitrogen and oxygen atoms in total. The molecule has 0 spiro atoms.